The lowest BCUT2D eigenvalue weighted by Gasteiger charge is -2.07. The molecule has 1 saturated heterocycles. The van der Waals surface area contributed by atoms with Crippen molar-refractivity contribution in [1.82, 2.24) is 4.90 Å². The van der Waals surface area contributed by atoms with Crippen molar-refractivity contribution in [3.63, 3.8) is 0 Å². The van der Waals surface area contributed by atoms with Crippen molar-refractivity contribution in [1.29, 1.82) is 0 Å². The number of hydrogen-bond acceptors (Lipinski definition) is 3. The van der Waals surface area contributed by atoms with Gasteiger partial charge in [-0.15, -0.1) is 0 Å². The quantitative estimate of drug-likeness (QED) is 0.544. The highest BCUT2D eigenvalue weighted by molar-refractivity contribution is 5.81. The van der Waals surface area contributed by atoms with Gasteiger partial charge in [0.2, 0.25) is 6.41 Å². The number of nitrogens with zero attached hydrogens (tertiary/aromatic N) is 1. The summed E-state index contributed by atoms with van der Waals surface area (Å²) >= 11 is 0. The third kappa shape index (κ3) is 1.77. The maximum absolute atomic E-state index is 10.6. The van der Waals surface area contributed by atoms with Gasteiger partial charge in [0.05, 0.1) is 11.8 Å². The van der Waals surface area contributed by atoms with Crippen molar-refractivity contribution >= 4 is 18.3 Å². The van der Waals surface area contributed by atoms with E-state index in [2.05, 4.69) is 0 Å². The van der Waals surface area contributed by atoms with E-state index < -0.39 is 23.8 Å². The van der Waals surface area contributed by atoms with Gasteiger partial charge >= 0.3 is 11.9 Å². The van der Waals surface area contributed by atoms with Crippen molar-refractivity contribution in [2.75, 3.05) is 13.1 Å². The Hall–Kier alpha value is -1.59. The Morgan fingerprint density at radius 3 is 1.77 bits per heavy atom. The van der Waals surface area contributed by atoms with Crippen LogP contribution in [-0.4, -0.2) is 46.6 Å². The Kier molecular flexibility index (Phi) is 2.50. The van der Waals surface area contributed by atoms with E-state index >= 15 is 0 Å². The fraction of sp³-hybridized carbons (Fsp3) is 0.571. The molecule has 1 heterocycles. The monoisotopic (exact) mass is 187 g/mol. The number of amides is 1. The van der Waals surface area contributed by atoms with Crippen LogP contribution >= 0.6 is 0 Å². The van der Waals surface area contributed by atoms with Gasteiger partial charge in [-0.25, -0.2) is 0 Å². The highest BCUT2D eigenvalue weighted by Gasteiger charge is 2.41. The van der Waals surface area contributed by atoms with E-state index in [-0.39, 0.29) is 13.1 Å². The smallest absolute Gasteiger partial charge is 0.309 e. The summed E-state index contributed by atoms with van der Waals surface area (Å²) in [5, 5.41) is 17.3. The van der Waals surface area contributed by atoms with Gasteiger partial charge in [-0.1, -0.05) is 0 Å². The van der Waals surface area contributed by atoms with Crippen LogP contribution in [0.1, 0.15) is 0 Å². The van der Waals surface area contributed by atoms with Crippen LogP contribution in [0.4, 0.5) is 0 Å². The molecule has 1 amide bonds. The first-order valence-corrected chi connectivity index (χ1v) is 3.71. The van der Waals surface area contributed by atoms with Crippen molar-refractivity contribution in [3.8, 4) is 0 Å². The first kappa shape index (κ1) is 9.50. The molecule has 1 fully saturated rings. The van der Waals surface area contributed by atoms with E-state index in [0.29, 0.717) is 6.41 Å². The molecule has 0 aromatic carbocycles. The van der Waals surface area contributed by atoms with Crippen molar-refractivity contribution in [2.24, 2.45) is 11.8 Å². The number of aliphatic carboxylic acids is 2. The number of likely N-dealkylation sites (tertiary alicyclic amines) is 1. The molecular formula is C7H9NO5. The molecular weight excluding hydrogens is 178 g/mol. The molecule has 1 rings (SSSR count). The largest absolute Gasteiger partial charge is 0.481 e. The van der Waals surface area contributed by atoms with Gasteiger partial charge in [0.1, 0.15) is 0 Å². The maximum Gasteiger partial charge on any atom is 0.309 e. The lowest BCUT2D eigenvalue weighted by Crippen LogP contribution is -2.28. The molecule has 0 aromatic heterocycles. The molecule has 0 saturated carbocycles. The Bertz CT molecular complexity index is 229. The van der Waals surface area contributed by atoms with E-state index in [0.717, 1.165) is 4.90 Å². The van der Waals surface area contributed by atoms with Crippen LogP contribution in [0.5, 0.6) is 0 Å². The number of carboxylic acid groups (broad SMARTS) is 2. The van der Waals surface area contributed by atoms with E-state index in [4.69, 9.17) is 10.2 Å². The summed E-state index contributed by atoms with van der Waals surface area (Å²) in [6.45, 7) is -0.0361. The maximum atomic E-state index is 10.6. The van der Waals surface area contributed by atoms with E-state index in [1.807, 2.05) is 0 Å². The van der Waals surface area contributed by atoms with Gasteiger partial charge in [0, 0.05) is 13.1 Å². The molecule has 0 aromatic rings. The third-order valence-electron chi connectivity index (χ3n) is 2.13. The minimum atomic E-state index is -1.17. The number of hydrogen-bond donors (Lipinski definition) is 2. The second kappa shape index (κ2) is 3.42. The number of rotatable bonds is 3. The number of carboxylic acids is 2. The lowest BCUT2D eigenvalue weighted by molar-refractivity contribution is -0.151. The second-order valence-electron chi connectivity index (χ2n) is 2.95. The molecule has 0 bridgehead atoms. The van der Waals surface area contributed by atoms with E-state index in [9.17, 15) is 14.4 Å². The normalized spacial score (nSPS) is 27.2. The summed E-state index contributed by atoms with van der Waals surface area (Å²) in [4.78, 5) is 32.6. The molecule has 0 spiro atoms. The molecule has 0 aliphatic carbocycles. The van der Waals surface area contributed by atoms with Crippen LogP contribution in [0.3, 0.4) is 0 Å². The average molecular weight is 187 g/mol. The molecule has 2 atom stereocenters. The first-order valence-electron chi connectivity index (χ1n) is 3.71. The molecule has 6 nitrogen and oxygen atoms in total. The predicted molar refractivity (Wildman–Crippen MR) is 39.9 cm³/mol. The summed E-state index contributed by atoms with van der Waals surface area (Å²) in [7, 11) is 0. The third-order valence-corrected chi connectivity index (χ3v) is 2.13. The SMILES string of the molecule is O=CN1C[C@H](C(=O)O)[C@@H](C(=O)O)C1. The summed E-state index contributed by atoms with van der Waals surface area (Å²) < 4.78 is 0. The fourth-order valence-electron chi connectivity index (χ4n) is 1.42. The Labute approximate surface area is 73.8 Å². The number of carbonyl (C=O) groups is 3. The molecule has 13 heavy (non-hydrogen) atoms. The summed E-state index contributed by atoms with van der Waals surface area (Å²) in [5.74, 6) is -4.31. The summed E-state index contributed by atoms with van der Waals surface area (Å²) in [6.07, 6.45) is 0.471. The Morgan fingerprint density at radius 2 is 1.54 bits per heavy atom. The first-order chi connectivity index (χ1) is 6.06. The van der Waals surface area contributed by atoms with Gasteiger partial charge in [-0.3, -0.25) is 14.4 Å². The minimum absolute atomic E-state index is 0.0181. The van der Waals surface area contributed by atoms with Crippen LogP contribution < -0.4 is 0 Å². The average Bonchev–Trinajstić information content (AvgIpc) is 2.47. The lowest BCUT2D eigenvalue weighted by atomic mass is 9.97. The van der Waals surface area contributed by atoms with Crippen LogP contribution in [0, 0.1) is 11.8 Å². The van der Waals surface area contributed by atoms with Crippen LogP contribution in [0.2, 0.25) is 0 Å². The zero-order chi connectivity index (χ0) is 10.0. The summed E-state index contributed by atoms with van der Waals surface area (Å²) in [5.41, 5.74) is 0. The zero-order valence-electron chi connectivity index (χ0n) is 6.71. The van der Waals surface area contributed by atoms with Crippen molar-refractivity contribution < 1.29 is 24.6 Å². The van der Waals surface area contributed by atoms with E-state index in [1.54, 1.807) is 0 Å². The molecule has 1 aliphatic heterocycles. The van der Waals surface area contributed by atoms with Crippen LogP contribution in [0.15, 0.2) is 0 Å². The van der Waals surface area contributed by atoms with Crippen molar-refractivity contribution in [2.45, 2.75) is 0 Å². The number of carbonyl (C=O) groups excluding carboxylic acids is 1. The van der Waals surface area contributed by atoms with Gasteiger partial charge < -0.3 is 15.1 Å². The van der Waals surface area contributed by atoms with Crippen molar-refractivity contribution in [3.05, 3.63) is 0 Å². The predicted octanol–water partition coefficient (Wildman–Crippen LogP) is -1.14. The highest BCUT2D eigenvalue weighted by Crippen LogP contribution is 2.22. The standard InChI is InChI=1S/C7H9NO5/c9-3-8-1-4(6(10)11)5(2-8)7(12)13/h3-5H,1-2H2,(H,10,11)(H,12,13)/t4-,5-/m0/s1. The zero-order valence-corrected chi connectivity index (χ0v) is 6.71. The second-order valence-corrected chi connectivity index (χ2v) is 2.95. The van der Waals surface area contributed by atoms with Crippen LogP contribution in [-0.2, 0) is 14.4 Å². The molecule has 0 radical (unpaired) electrons. The molecule has 2 N–H and O–H groups in total. The van der Waals surface area contributed by atoms with Gasteiger partial charge in [-0.2, -0.15) is 0 Å². The fourth-order valence-corrected chi connectivity index (χ4v) is 1.42. The van der Waals surface area contributed by atoms with E-state index in [1.165, 1.54) is 0 Å². The van der Waals surface area contributed by atoms with Gasteiger partial charge in [0.25, 0.3) is 0 Å². The Balaban J connectivity index is 2.76. The van der Waals surface area contributed by atoms with Crippen LogP contribution in [0.25, 0.3) is 0 Å². The molecule has 72 valence electrons. The van der Waals surface area contributed by atoms with Gasteiger partial charge in [-0.05, 0) is 0 Å². The molecule has 6 heteroatoms. The van der Waals surface area contributed by atoms with Gasteiger partial charge in [0.15, 0.2) is 0 Å². The Morgan fingerprint density at radius 1 is 1.15 bits per heavy atom. The topological polar surface area (TPSA) is 94.9 Å². The molecule has 0 unspecified atom stereocenters. The summed E-state index contributed by atoms with van der Waals surface area (Å²) in [6, 6.07) is 0. The highest BCUT2D eigenvalue weighted by atomic mass is 16.4. The minimum Gasteiger partial charge on any atom is -0.481 e. The molecule has 1 aliphatic rings.